The minimum absolute atomic E-state index is 0. The molecule has 126 valence electrons. The molecule has 0 aliphatic rings. The number of carbonyl (C=O) groups is 1. The zero-order valence-corrected chi connectivity index (χ0v) is 14.8. The number of ether oxygens (including phenoxy) is 1. The van der Waals surface area contributed by atoms with Crippen LogP contribution in [-0.4, -0.2) is 25.1 Å². The third kappa shape index (κ3) is 7.14. The molecule has 1 amide bonds. The predicted octanol–water partition coefficient (Wildman–Crippen LogP) is 3.03. The van der Waals surface area contributed by atoms with Crippen LogP contribution in [0.1, 0.15) is 46.1 Å². The van der Waals surface area contributed by atoms with Gasteiger partial charge in [-0.05, 0) is 29.5 Å². The van der Waals surface area contributed by atoms with Gasteiger partial charge in [-0.3, -0.25) is 4.79 Å². The van der Waals surface area contributed by atoms with Crippen molar-refractivity contribution in [2.45, 2.75) is 52.0 Å². The maximum Gasteiger partial charge on any atom is 0.237 e. The summed E-state index contributed by atoms with van der Waals surface area (Å²) in [6, 6.07) is 7.65. The van der Waals surface area contributed by atoms with Crippen molar-refractivity contribution in [1.82, 2.24) is 5.32 Å². The van der Waals surface area contributed by atoms with Crippen molar-refractivity contribution in [2.24, 2.45) is 5.73 Å². The normalized spacial score (nSPS) is 12.2. The van der Waals surface area contributed by atoms with Crippen LogP contribution in [0.25, 0.3) is 0 Å². The number of amides is 1. The van der Waals surface area contributed by atoms with E-state index in [2.05, 4.69) is 32.2 Å². The summed E-state index contributed by atoms with van der Waals surface area (Å²) in [6.45, 7) is 9.43. The van der Waals surface area contributed by atoms with Crippen LogP contribution in [0.2, 0.25) is 0 Å². The van der Waals surface area contributed by atoms with Crippen molar-refractivity contribution < 1.29 is 9.53 Å². The average Bonchev–Trinajstić information content (AvgIpc) is 2.43. The monoisotopic (exact) mass is 328 g/mol. The average molecular weight is 329 g/mol. The number of nitrogens with two attached hydrogens (primary N) is 1. The van der Waals surface area contributed by atoms with E-state index in [0.717, 1.165) is 12.2 Å². The van der Waals surface area contributed by atoms with E-state index >= 15 is 0 Å². The van der Waals surface area contributed by atoms with E-state index in [1.165, 1.54) is 5.56 Å². The number of benzene rings is 1. The molecule has 1 rings (SSSR count). The topological polar surface area (TPSA) is 64.4 Å². The largest absolute Gasteiger partial charge is 0.492 e. The van der Waals surface area contributed by atoms with Crippen molar-refractivity contribution >= 4 is 18.3 Å². The summed E-state index contributed by atoms with van der Waals surface area (Å²) in [4.78, 5) is 11.6. The first-order chi connectivity index (χ1) is 9.84. The highest BCUT2D eigenvalue weighted by atomic mass is 35.5. The first-order valence-electron chi connectivity index (χ1n) is 7.61. The van der Waals surface area contributed by atoms with Gasteiger partial charge in [-0.2, -0.15) is 0 Å². The molecule has 5 heteroatoms. The van der Waals surface area contributed by atoms with Gasteiger partial charge in [0.2, 0.25) is 5.91 Å². The van der Waals surface area contributed by atoms with E-state index in [1.54, 1.807) is 0 Å². The molecular formula is C17H29ClN2O2. The Morgan fingerprint density at radius 1 is 1.36 bits per heavy atom. The molecule has 0 aliphatic heterocycles. The van der Waals surface area contributed by atoms with Gasteiger partial charge in [0.1, 0.15) is 12.4 Å². The number of rotatable bonds is 7. The highest BCUT2D eigenvalue weighted by Crippen LogP contribution is 2.25. The van der Waals surface area contributed by atoms with Gasteiger partial charge in [0, 0.05) is 0 Å². The molecule has 0 saturated heterocycles. The molecule has 0 spiro atoms. The van der Waals surface area contributed by atoms with Crippen LogP contribution in [0.15, 0.2) is 24.3 Å². The maximum absolute atomic E-state index is 11.6. The van der Waals surface area contributed by atoms with Crippen LogP contribution in [0.4, 0.5) is 0 Å². The van der Waals surface area contributed by atoms with Crippen LogP contribution >= 0.6 is 12.4 Å². The van der Waals surface area contributed by atoms with Crippen molar-refractivity contribution in [3.05, 3.63) is 29.8 Å². The summed E-state index contributed by atoms with van der Waals surface area (Å²) in [5.41, 5.74) is 7.06. The summed E-state index contributed by atoms with van der Waals surface area (Å²) >= 11 is 0. The summed E-state index contributed by atoms with van der Waals surface area (Å²) in [5, 5.41) is 2.79. The fourth-order valence-corrected chi connectivity index (χ4v) is 1.97. The van der Waals surface area contributed by atoms with Crippen LogP contribution in [0.5, 0.6) is 5.75 Å². The molecule has 1 aromatic rings. The molecule has 4 nitrogen and oxygen atoms in total. The Morgan fingerprint density at radius 3 is 2.64 bits per heavy atom. The Hall–Kier alpha value is -1.26. The van der Waals surface area contributed by atoms with E-state index in [4.69, 9.17) is 10.5 Å². The molecule has 0 radical (unpaired) electrons. The smallest absolute Gasteiger partial charge is 0.237 e. The molecule has 0 aliphatic carbocycles. The molecule has 0 fully saturated rings. The molecule has 0 heterocycles. The zero-order chi connectivity index (χ0) is 15.9. The Morgan fingerprint density at radius 2 is 2.05 bits per heavy atom. The lowest BCUT2D eigenvalue weighted by atomic mass is 9.87. The highest BCUT2D eigenvalue weighted by molar-refractivity contribution is 5.85. The molecule has 1 aromatic carbocycles. The van der Waals surface area contributed by atoms with E-state index < -0.39 is 6.04 Å². The second-order valence-electron chi connectivity index (χ2n) is 6.31. The Kier molecular flexibility index (Phi) is 9.14. The maximum atomic E-state index is 11.6. The molecule has 1 unspecified atom stereocenters. The first-order valence-corrected chi connectivity index (χ1v) is 7.61. The van der Waals surface area contributed by atoms with Crippen molar-refractivity contribution in [1.29, 1.82) is 0 Å². The number of hydrogen-bond donors (Lipinski definition) is 2. The van der Waals surface area contributed by atoms with Gasteiger partial charge in [0.05, 0.1) is 12.6 Å². The number of hydrogen-bond acceptors (Lipinski definition) is 3. The lowest BCUT2D eigenvalue weighted by molar-refractivity contribution is -0.122. The lowest BCUT2D eigenvalue weighted by Crippen LogP contribution is -2.41. The van der Waals surface area contributed by atoms with Gasteiger partial charge in [-0.15, -0.1) is 12.4 Å². The summed E-state index contributed by atoms with van der Waals surface area (Å²) in [7, 11) is 0. The third-order valence-corrected chi connectivity index (χ3v) is 3.31. The molecular weight excluding hydrogens is 300 g/mol. The Labute approximate surface area is 140 Å². The van der Waals surface area contributed by atoms with Crippen molar-refractivity contribution in [3.8, 4) is 5.75 Å². The summed E-state index contributed by atoms with van der Waals surface area (Å²) in [6.07, 6.45) is 1.62. The third-order valence-electron chi connectivity index (χ3n) is 3.31. The minimum atomic E-state index is -0.417. The lowest BCUT2D eigenvalue weighted by Gasteiger charge is -2.19. The van der Waals surface area contributed by atoms with E-state index in [-0.39, 0.29) is 23.7 Å². The second-order valence-corrected chi connectivity index (χ2v) is 6.31. The van der Waals surface area contributed by atoms with Crippen LogP contribution in [0, 0.1) is 0 Å². The summed E-state index contributed by atoms with van der Waals surface area (Å²) in [5.74, 6) is 0.721. The van der Waals surface area contributed by atoms with Gasteiger partial charge >= 0.3 is 0 Å². The summed E-state index contributed by atoms with van der Waals surface area (Å²) < 4.78 is 5.68. The second kappa shape index (κ2) is 9.70. The SMILES string of the molecule is CCCC(N)C(=O)NCCOc1cccc(C(C)(C)C)c1.Cl. The van der Waals surface area contributed by atoms with E-state index in [9.17, 15) is 4.79 Å². The quantitative estimate of drug-likeness (QED) is 0.756. The highest BCUT2D eigenvalue weighted by Gasteiger charge is 2.14. The molecule has 0 bridgehead atoms. The number of halogens is 1. The van der Waals surface area contributed by atoms with Gasteiger partial charge in [0.15, 0.2) is 0 Å². The van der Waals surface area contributed by atoms with Gasteiger partial charge in [-0.1, -0.05) is 46.2 Å². The predicted molar refractivity (Wildman–Crippen MR) is 93.8 cm³/mol. The first kappa shape index (κ1) is 20.7. The number of carbonyl (C=O) groups excluding carboxylic acids is 1. The standard InChI is InChI=1S/C17H28N2O2.ClH/c1-5-7-15(18)16(20)19-10-11-21-14-9-6-8-13(12-14)17(2,3)4;/h6,8-9,12,15H,5,7,10-11,18H2,1-4H3,(H,19,20);1H. The molecule has 22 heavy (non-hydrogen) atoms. The van der Waals surface area contributed by atoms with Crippen LogP contribution < -0.4 is 15.8 Å². The fourth-order valence-electron chi connectivity index (χ4n) is 1.97. The number of nitrogens with one attached hydrogen (secondary N) is 1. The zero-order valence-electron chi connectivity index (χ0n) is 14.0. The van der Waals surface area contributed by atoms with Gasteiger partial charge in [0.25, 0.3) is 0 Å². The van der Waals surface area contributed by atoms with Crippen LogP contribution in [0.3, 0.4) is 0 Å². The Balaban J connectivity index is 0.00000441. The minimum Gasteiger partial charge on any atom is -0.492 e. The Bertz CT molecular complexity index is 458. The van der Waals surface area contributed by atoms with Gasteiger partial charge < -0.3 is 15.8 Å². The van der Waals surface area contributed by atoms with Gasteiger partial charge in [-0.25, -0.2) is 0 Å². The molecule has 3 N–H and O–H groups in total. The molecule has 1 atom stereocenters. The van der Waals surface area contributed by atoms with Crippen LogP contribution in [-0.2, 0) is 10.2 Å². The van der Waals surface area contributed by atoms with E-state index in [0.29, 0.717) is 19.6 Å². The van der Waals surface area contributed by atoms with Crippen molar-refractivity contribution in [3.63, 3.8) is 0 Å². The van der Waals surface area contributed by atoms with Crippen molar-refractivity contribution in [2.75, 3.05) is 13.2 Å². The molecule has 0 saturated carbocycles. The van der Waals surface area contributed by atoms with E-state index in [1.807, 2.05) is 25.1 Å². The fraction of sp³-hybridized carbons (Fsp3) is 0.588. The molecule has 0 aromatic heterocycles.